The number of benzene rings is 1. The predicted octanol–water partition coefficient (Wildman–Crippen LogP) is 3.59. The number of hydrogen-bond acceptors (Lipinski definition) is 5. The number of piperidine rings is 2. The number of aromatic nitrogens is 1. The highest BCUT2D eigenvalue weighted by Gasteiger charge is 2.32. The third kappa shape index (κ3) is 5.21. The van der Waals surface area contributed by atoms with Gasteiger partial charge in [0.1, 0.15) is 0 Å². The van der Waals surface area contributed by atoms with Crippen LogP contribution in [0.5, 0.6) is 0 Å². The monoisotopic (exact) mass is 438 g/mol. The number of amides is 2. The van der Waals surface area contributed by atoms with Gasteiger partial charge in [-0.15, -0.1) is 0 Å². The highest BCUT2D eigenvalue weighted by atomic mass is 16.3. The molecule has 0 aliphatic carbocycles. The van der Waals surface area contributed by atoms with E-state index in [0.717, 1.165) is 50.1 Å². The van der Waals surface area contributed by atoms with Crippen molar-refractivity contribution in [3.8, 4) is 11.3 Å². The molecule has 1 aromatic carbocycles. The van der Waals surface area contributed by atoms with Gasteiger partial charge in [0.2, 0.25) is 5.91 Å². The van der Waals surface area contributed by atoms with E-state index < -0.39 is 0 Å². The number of nitrogens with zero attached hydrogens (tertiary/aromatic N) is 4. The summed E-state index contributed by atoms with van der Waals surface area (Å²) >= 11 is 0. The molecule has 0 radical (unpaired) electrons. The van der Waals surface area contributed by atoms with Gasteiger partial charge < -0.3 is 19.1 Å². The molecule has 3 heterocycles. The lowest BCUT2D eigenvalue weighted by Crippen LogP contribution is -2.53. The molecule has 1 aromatic heterocycles. The summed E-state index contributed by atoms with van der Waals surface area (Å²) in [6, 6.07) is 7.93. The molecule has 2 fully saturated rings. The third-order valence-electron chi connectivity index (χ3n) is 6.69. The Balaban J connectivity index is 1.44. The number of hydrogen-bond donors (Lipinski definition) is 0. The number of carbonyl (C=O) groups excluding carboxylic acids is 2. The Kier molecular flexibility index (Phi) is 7.25. The average molecular weight is 439 g/mol. The summed E-state index contributed by atoms with van der Waals surface area (Å²) in [7, 11) is 0. The Bertz CT molecular complexity index is 935. The van der Waals surface area contributed by atoms with Crippen LogP contribution in [0.15, 0.2) is 35.1 Å². The van der Waals surface area contributed by atoms with Crippen LogP contribution in [0.2, 0.25) is 0 Å². The summed E-state index contributed by atoms with van der Waals surface area (Å²) in [5.74, 6) is 0.469. The number of aryl methyl sites for hydroxylation is 1. The molecule has 0 spiro atoms. The van der Waals surface area contributed by atoms with Gasteiger partial charge in [-0.05, 0) is 51.8 Å². The molecule has 172 valence electrons. The Morgan fingerprint density at radius 2 is 1.97 bits per heavy atom. The molecule has 7 heteroatoms. The first kappa shape index (κ1) is 22.5. The second-order valence-corrected chi connectivity index (χ2v) is 9.06. The SMILES string of the molecule is CC(=O)N(CCN1CCCCC1)[C@H]1CCCN(C(=O)c2ncoc2-c2cccc(C)c2)C1. The Morgan fingerprint density at radius 3 is 2.72 bits per heavy atom. The second kappa shape index (κ2) is 10.3. The van der Waals surface area contributed by atoms with Crippen LogP contribution in [0.4, 0.5) is 0 Å². The summed E-state index contributed by atoms with van der Waals surface area (Å²) in [6.45, 7) is 8.74. The third-order valence-corrected chi connectivity index (χ3v) is 6.69. The van der Waals surface area contributed by atoms with Crippen molar-refractivity contribution in [1.82, 2.24) is 19.7 Å². The van der Waals surface area contributed by atoms with Crippen molar-refractivity contribution in [2.24, 2.45) is 0 Å². The van der Waals surface area contributed by atoms with Crippen molar-refractivity contribution in [3.05, 3.63) is 41.9 Å². The van der Waals surface area contributed by atoms with E-state index in [0.29, 0.717) is 24.5 Å². The number of rotatable bonds is 6. The Labute approximate surface area is 190 Å². The lowest BCUT2D eigenvalue weighted by molar-refractivity contribution is -0.132. The Morgan fingerprint density at radius 1 is 1.16 bits per heavy atom. The molecule has 2 aliphatic rings. The topological polar surface area (TPSA) is 69.9 Å². The lowest BCUT2D eigenvalue weighted by Gasteiger charge is -2.40. The van der Waals surface area contributed by atoms with E-state index in [1.54, 1.807) is 6.92 Å². The molecular weight excluding hydrogens is 404 g/mol. The summed E-state index contributed by atoms with van der Waals surface area (Å²) in [5.41, 5.74) is 2.30. The maximum atomic E-state index is 13.4. The van der Waals surface area contributed by atoms with Gasteiger partial charge in [0.05, 0.1) is 0 Å². The van der Waals surface area contributed by atoms with Gasteiger partial charge >= 0.3 is 0 Å². The summed E-state index contributed by atoms with van der Waals surface area (Å²) in [5, 5.41) is 0. The zero-order chi connectivity index (χ0) is 22.5. The van der Waals surface area contributed by atoms with Crippen LogP contribution in [0.25, 0.3) is 11.3 Å². The molecule has 2 aliphatic heterocycles. The molecule has 0 saturated carbocycles. The minimum absolute atomic E-state index is 0.0457. The first-order chi connectivity index (χ1) is 15.5. The summed E-state index contributed by atoms with van der Waals surface area (Å²) < 4.78 is 5.61. The van der Waals surface area contributed by atoms with Crippen molar-refractivity contribution in [2.45, 2.75) is 52.0 Å². The lowest BCUT2D eigenvalue weighted by atomic mass is 10.0. The number of carbonyl (C=O) groups is 2. The van der Waals surface area contributed by atoms with Crippen LogP contribution in [-0.2, 0) is 4.79 Å². The van der Waals surface area contributed by atoms with Crippen molar-refractivity contribution in [3.63, 3.8) is 0 Å². The van der Waals surface area contributed by atoms with Gasteiger partial charge in [0.25, 0.3) is 5.91 Å². The molecule has 0 unspecified atom stereocenters. The van der Waals surface area contributed by atoms with Gasteiger partial charge in [-0.3, -0.25) is 9.59 Å². The van der Waals surface area contributed by atoms with Gasteiger partial charge in [-0.25, -0.2) is 4.98 Å². The van der Waals surface area contributed by atoms with E-state index in [4.69, 9.17) is 4.42 Å². The maximum absolute atomic E-state index is 13.4. The van der Waals surface area contributed by atoms with Gasteiger partial charge in [0, 0.05) is 44.7 Å². The van der Waals surface area contributed by atoms with E-state index in [2.05, 4.69) is 9.88 Å². The van der Waals surface area contributed by atoms with E-state index in [1.165, 1.54) is 25.7 Å². The van der Waals surface area contributed by atoms with Crippen molar-refractivity contribution >= 4 is 11.8 Å². The van der Waals surface area contributed by atoms with Gasteiger partial charge in [-0.2, -0.15) is 0 Å². The van der Waals surface area contributed by atoms with E-state index in [9.17, 15) is 9.59 Å². The van der Waals surface area contributed by atoms with E-state index >= 15 is 0 Å². The summed E-state index contributed by atoms with van der Waals surface area (Å²) in [6.07, 6.45) is 6.93. The molecule has 32 heavy (non-hydrogen) atoms. The second-order valence-electron chi connectivity index (χ2n) is 9.06. The van der Waals surface area contributed by atoms with Crippen LogP contribution < -0.4 is 0 Å². The number of oxazole rings is 1. The van der Waals surface area contributed by atoms with Crippen LogP contribution in [-0.4, -0.2) is 76.8 Å². The van der Waals surface area contributed by atoms with Crippen molar-refractivity contribution < 1.29 is 14.0 Å². The van der Waals surface area contributed by atoms with Crippen LogP contribution in [0, 0.1) is 6.92 Å². The van der Waals surface area contributed by atoms with Crippen LogP contribution >= 0.6 is 0 Å². The van der Waals surface area contributed by atoms with Gasteiger partial charge in [-0.1, -0.05) is 30.2 Å². The smallest absolute Gasteiger partial charge is 0.276 e. The van der Waals surface area contributed by atoms with Crippen molar-refractivity contribution in [2.75, 3.05) is 39.3 Å². The minimum Gasteiger partial charge on any atom is -0.443 e. The molecule has 7 nitrogen and oxygen atoms in total. The molecule has 0 N–H and O–H groups in total. The molecule has 0 bridgehead atoms. The zero-order valence-corrected chi connectivity index (χ0v) is 19.3. The first-order valence-electron chi connectivity index (χ1n) is 11.8. The maximum Gasteiger partial charge on any atom is 0.276 e. The predicted molar refractivity (Wildman–Crippen MR) is 123 cm³/mol. The molecule has 2 saturated heterocycles. The van der Waals surface area contributed by atoms with E-state index in [1.807, 2.05) is 41.0 Å². The fourth-order valence-corrected chi connectivity index (χ4v) is 4.96. The molecule has 2 amide bonds. The fraction of sp³-hybridized carbons (Fsp3) is 0.560. The quantitative estimate of drug-likeness (QED) is 0.689. The standard InChI is InChI=1S/C25H34N4O3/c1-19-8-6-9-21(16-19)24-23(26-18-32-24)25(31)28-13-7-10-22(17-28)29(20(2)30)15-14-27-11-4-3-5-12-27/h6,8-9,16,18,22H,3-5,7,10-15,17H2,1-2H3/t22-/m0/s1. The molecule has 1 atom stereocenters. The number of likely N-dealkylation sites (tertiary alicyclic amines) is 2. The molecule has 4 rings (SSSR count). The van der Waals surface area contributed by atoms with Crippen molar-refractivity contribution in [1.29, 1.82) is 0 Å². The first-order valence-corrected chi connectivity index (χ1v) is 11.8. The summed E-state index contributed by atoms with van der Waals surface area (Å²) in [4.78, 5) is 36.4. The zero-order valence-electron chi connectivity index (χ0n) is 19.3. The largest absolute Gasteiger partial charge is 0.443 e. The molecule has 2 aromatic rings. The highest BCUT2D eigenvalue weighted by molar-refractivity contribution is 5.97. The normalized spacial score (nSPS) is 19.7. The van der Waals surface area contributed by atoms with Crippen LogP contribution in [0.3, 0.4) is 0 Å². The average Bonchev–Trinajstić information content (AvgIpc) is 3.29. The highest BCUT2D eigenvalue weighted by Crippen LogP contribution is 2.26. The van der Waals surface area contributed by atoms with Gasteiger partial charge in [0.15, 0.2) is 17.8 Å². The molecular formula is C25H34N4O3. The minimum atomic E-state index is -0.125. The fourth-order valence-electron chi connectivity index (χ4n) is 4.96. The Hall–Kier alpha value is -2.67. The van der Waals surface area contributed by atoms with Crippen LogP contribution in [0.1, 0.15) is 55.1 Å². The van der Waals surface area contributed by atoms with E-state index in [-0.39, 0.29) is 17.9 Å².